The van der Waals surface area contributed by atoms with E-state index in [0.29, 0.717) is 16.9 Å². The van der Waals surface area contributed by atoms with Crippen molar-refractivity contribution in [1.82, 2.24) is 14.2 Å². The number of aromatic nitrogens is 3. The van der Waals surface area contributed by atoms with Gasteiger partial charge in [0.15, 0.2) is 5.65 Å². The van der Waals surface area contributed by atoms with Crippen molar-refractivity contribution in [2.24, 2.45) is 0 Å². The van der Waals surface area contributed by atoms with E-state index in [-0.39, 0.29) is 23.5 Å². The summed E-state index contributed by atoms with van der Waals surface area (Å²) in [5, 5.41) is 18.3. The Balaban J connectivity index is 1.59. The lowest BCUT2D eigenvalue weighted by Gasteiger charge is -2.09. The molecule has 2 aromatic heterocycles. The highest BCUT2D eigenvalue weighted by molar-refractivity contribution is 6.07. The van der Waals surface area contributed by atoms with E-state index in [1.54, 1.807) is 67.7 Å². The van der Waals surface area contributed by atoms with Gasteiger partial charge in [0.25, 0.3) is 11.6 Å². The molecule has 9 nitrogen and oxygen atoms in total. The third-order valence-electron chi connectivity index (χ3n) is 4.67. The molecule has 0 radical (unpaired) electrons. The van der Waals surface area contributed by atoms with Crippen molar-refractivity contribution >= 4 is 22.9 Å². The van der Waals surface area contributed by atoms with Crippen molar-refractivity contribution in [2.75, 3.05) is 5.32 Å². The highest BCUT2D eigenvalue weighted by Gasteiger charge is 2.22. The van der Waals surface area contributed by atoms with Gasteiger partial charge in [-0.05, 0) is 42.8 Å². The minimum atomic E-state index is -0.576. The van der Waals surface area contributed by atoms with Crippen LogP contribution in [0.15, 0.2) is 71.7 Å². The summed E-state index contributed by atoms with van der Waals surface area (Å²) in [7, 11) is 0. The smallest absolute Gasteiger partial charge is 0.322 e. The van der Waals surface area contributed by atoms with Crippen molar-refractivity contribution in [1.29, 1.82) is 0 Å². The number of fused-ring (bicyclic) bond motifs is 1. The summed E-state index contributed by atoms with van der Waals surface area (Å²) in [6, 6.07) is 16.8. The zero-order valence-corrected chi connectivity index (χ0v) is 16.0. The van der Waals surface area contributed by atoms with Crippen LogP contribution in [0.5, 0.6) is 0 Å². The Labute approximate surface area is 170 Å². The summed E-state index contributed by atoms with van der Waals surface area (Å²) in [4.78, 5) is 35.9. The largest absolute Gasteiger partial charge is 0.350 e. The van der Waals surface area contributed by atoms with Crippen LogP contribution < -0.4 is 11.0 Å². The Kier molecular flexibility index (Phi) is 4.85. The molecular weight excluding hydrogens is 386 g/mol. The Morgan fingerprint density at radius 1 is 1.13 bits per heavy atom. The Morgan fingerprint density at radius 2 is 1.93 bits per heavy atom. The second kappa shape index (κ2) is 7.63. The van der Waals surface area contributed by atoms with E-state index in [2.05, 4.69) is 10.4 Å². The lowest BCUT2D eigenvalue weighted by atomic mass is 10.1. The van der Waals surface area contributed by atoms with Crippen LogP contribution in [0.25, 0.3) is 5.65 Å². The number of hydrogen-bond acceptors (Lipinski definition) is 5. The molecule has 9 heteroatoms. The zero-order chi connectivity index (χ0) is 21.3. The first kappa shape index (κ1) is 19.1. The second-order valence-corrected chi connectivity index (χ2v) is 6.75. The third-order valence-corrected chi connectivity index (χ3v) is 4.67. The van der Waals surface area contributed by atoms with Gasteiger partial charge in [0.2, 0.25) is 0 Å². The number of aryl methyl sites for hydroxylation is 1. The summed E-state index contributed by atoms with van der Waals surface area (Å²) in [5.41, 5.74) is 1.66. The van der Waals surface area contributed by atoms with Gasteiger partial charge in [-0.25, -0.2) is 9.48 Å². The number of rotatable bonds is 5. The van der Waals surface area contributed by atoms with Crippen LogP contribution in [0.4, 0.5) is 11.4 Å². The fraction of sp³-hybridized carbons (Fsp3) is 0.0952. The molecule has 4 rings (SSSR count). The van der Waals surface area contributed by atoms with Gasteiger partial charge in [-0.3, -0.25) is 19.3 Å². The Bertz CT molecular complexity index is 1340. The number of pyridine rings is 1. The number of para-hydroxylation sites is 1. The number of nitrogens with one attached hydrogen (secondary N) is 1. The Hall–Kier alpha value is -4.27. The van der Waals surface area contributed by atoms with Crippen LogP contribution in [0.2, 0.25) is 0 Å². The molecule has 0 saturated heterocycles. The number of amides is 1. The van der Waals surface area contributed by atoms with Gasteiger partial charge in [0.05, 0.1) is 11.5 Å². The third kappa shape index (κ3) is 3.55. The zero-order valence-electron chi connectivity index (χ0n) is 16.0. The number of benzene rings is 2. The lowest BCUT2D eigenvalue weighted by molar-refractivity contribution is -0.385. The number of carbonyl (C=O) groups is 1. The molecule has 4 aromatic rings. The van der Waals surface area contributed by atoms with Gasteiger partial charge in [-0.2, -0.15) is 0 Å². The van der Waals surface area contributed by atoms with Crippen molar-refractivity contribution in [2.45, 2.75) is 13.5 Å². The van der Waals surface area contributed by atoms with Gasteiger partial charge in [-0.1, -0.05) is 30.3 Å². The van der Waals surface area contributed by atoms with Crippen molar-refractivity contribution < 1.29 is 9.72 Å². The van der Waals surface area contributed by atoms with Gasteiger partial charge < -0.3 is 5.32 Å². The van der Waals surface area contributed by atoms with Gasteiger partial charge in [0, 0.05) is 17.4 Å². The van der Waals surface area contributed by atoms with Crippen LogP contribution >= 0.6 is 0 Å². The predicted molar refractivity (Wildman–Crippen MR) is 111 cm³/mol. The summed E-state index contributed by atoms with van der Waals surface area (Å²) in [6.45, 7) is 1.80. The summed E-state index contributed by atoms with van der Waals surface area (Å²) in [5.74, 6) is -0.576. The summed E-state index contributed by atoms with van der Waals surface area (Å²) < 4.78 is 2.78. The standard InChI is InChI=1S/C21H17N5O4/c1-14-6-4-9-17(19(14)26(29)30)20(27)22-16-8-5-7-15(12-16)13-25-21(28)24-11-3-2-10-18(24)23-25/h2-12H,13H2,1H3,(H,22,27). The number of nitrogens with zero attached hydrogens (tertiary/aromatic N) is 4. The average molecular weight is 403 g/mol. The number of carbonyl (C=O) groups excluding carboxylic acids is 1. The van der Waals surface area contributed by atoms with Crippen LogP contribution in [0.3, 0.4) is 0 Å². The topological polar surface area (TPSA) is 112 Å². The molecule has 2 aromatic carbocycles. The SMILES string of the molecule is Cc1cccc(C(=O)Nc2cccc(Cn3nc4ccccn4c3=O)c2)c1[N+](=O)[O-]. The van der Waals surface area contributed by atoms with E-state index in [1.807, 2.05) is 0 Å². The molecular formula is C21H17N5O4. The molecule has 0 saturated carbocycles. The predicted octanol–water partition coefficient (Wildman–Crippen LogP) is 3.01. The molecule has 2 heterocycles. The molecule has 0 spiro atoms. The van der Waals surface area contributed by atoms with Gasteiger partial charge in [0.1, 0.15) is 5.56 Å². The number of nitro benzene ring substituents is 1. The van der Waals surface area contributed by atoms with E-state index in [9.17, 15) is 19.7 Å². The molecule has 0 bridgehead atoms. The summed E-state index contributed by atoms with van der Waals surface area (Å²) >= 11 is 0. The van der Waals surface area contributed by atoms with Crippen molar-refractivity contribution in [3.8, 4) is 0 Å². The van der Waals surface area contributed by atoms with Crippen LogP contribution in [0.1, 0.15) is 21.5 Å². The van der Waals surface area contributed by atoms with E-state index in [4.69, 9.17) is 0 Å². The highest BCUT2D eigenvalue weighted by atomic mass is 16.6. The maximum Gasteiger partial charge on any atom is 0.350 e. The maximum atomic E-state index is 12.6. The van der Waals surface area contributed by atoms with E-state index in [1.165, 1.54) is 15.1 Å². The molecule has 0 aliphatic rings. The number of nitro groups is 1. The normalized spacial score (nSPS) is 10.8. The van der Waals surface area contributed by atoms with Crippen molar-refractivity contribution in [3.05, 3.63) is 104 Å². The highest BCUT2D eigenvalue weighted by Crippen LogP contribution is 2.24. The lowest BCUT2D eigenvalue weighted by Crippen LogP contribution is -2.21. The monoisotopic (exact) mass is 403 g/mol. The molecule has 30 heavy (non-hydrogen) atoms. The van der Waals surface area contributed by atoms with E-state index < -0.39 is 10.8 Å². The molecule has 0 aliphatic heterocycles. The minimum absolute atomic E-state index is 0.0121. The number of anilines is 1. The van der Waals surface area contributed by atoms with Crippen molar-refractivity contribution in [3.63, 3.8) is 0 Å². The van der Waals surface area contributed by atoms with Crippen LogP contribution in [-0.2, 0) is 6.54 Å². The molecule has 1 N–H and O–H groups in total. The van der Waals surface area contributed by atoms with E-state index >= 15 is 0 Å². The molecule has 0 atom stereocenters. The fourth-order valence-electron chi connectivity index (χ4n) is 3.27. The van der Waals surface area contributed by atoms with E-state index in [0.717, 1.165) is 5.56 Å². The quantitative estimate of drug-likeness (QED) is 0.407. The first-order valence-electron chi connectivity index (χ1n) is 9.12. The second-order valence-electron chi connectivity index (χ2n) is 6.75. The first-order chi connectivity index (χ1) is 14.4. The first-order valence-corrected chi connectivity index (χ1v) is 9.12. The number of hydrogen-bond donors (Lipinski definition) is 1. The van der Waals surface area contributed by atoms with Gasteiger partial charge >= 0.3 is 5.69 Å². The van der Waals surface area contributed by atoms with Crippen LogP contribution in [0, 0.1) is 17.0 Å². The maximum absolute atomic E-state index is 12.6. The molecule has 0 aliphatic carbocycles. The molecule has 150 valence electrons. The van der Waals surface area contributed by atoms with Gasteiger partial charge in [-0.15, -0.1) is 5.10 Å². The minimum Gasteiger partial charge on any atom is -0.322 e. The average Bonchev–Trinajstić information content (AvgIpc) is 3.03. The molecule has 1 amide bonds. The van der Waals surface area contributed by atoms with Crippen LogP contribution in [-0.4, -0.2) is 25.0 Å². The summed E-state index contributed by atoms with van der Waals surface area (Å²) in [6.07, 6.45) is 1.65. The Morgan fingerprint density at radius 3 is 2.70 bits per heavy atom. The molecule has 0 fully saturated rings. The fourth-order valence-corrected chi connectivity index (χ4v) is 3.27. The molecule has 0 unspecified atom stereocenters.